The molecule has 0 unspecified atom stereocenters. The van der Waals surface area contributed by atoms with Gasteiger partial charge in [-0.15, -0.1) is 0 Å². The summed E-state index contributed by atoms with van der Waals surface area (Å²) in [5, 5.41) is 3.59. The highest BCUT2D eigenvalue weighted by molar-refractivity contribution is 5.58. The number of benzene rings is 2. The number of fused-ring (bicyclic) bond motifs is 1. The van der Waals surface area contributed by atoms with E-state index in [1.165, 1.54) is 22.4 Å². The van der Waals surface area contributed by atoms with Gasteiger partial charge in [-0.1, -0.05) is 49.4 Å². The number of para-hydroxylation sites is 1. The molecule has 0 amide bonds. The lowest BCUT2D eigenvalue weighted by atomic mass is 10.0. The van der Waals surface area contributed by atoms with Gasteiger partial charge in [-0.2, -0.15) is 0 Å². The second-order valence-electron chi connectivity index (χ2n) is 4.65. The molecule has 1 heteroatoms. The van der Waals surface area contributed by atoms with Crippen LogP contribution >= 0.6 is 0 Å². The second kappa shape index (κ2) is 4.25. The molecule has 2 aromatic carbocycles. The van der Waals surface area contributed by atoms with Gasteiger partial charge >= 0.3 is 0 Å². The third kappa shape index (κ3) is 1.93. The van der Waals surface area contributed by atoms with Crippen LogP contribution < -0.4 is 5.32 Å². The van der Waals surface area contributed by atoms with Crippen LogP contribution in [0.15, 0.2) is 48.5 Å². The first-order valence-electron chi connectivity index (χ1n) is 6.30. The predicted molar refractivity (Wildman–Crippen MR) is 72.3 cm³/mol. The average molecular weight is 223 g/mol. The molecule has 1 heterocycles. The number of hydrogen-bond donors (Lipinski definition) is 1. The Balaban J connectivity index is 1.83. The summed E-state index contributed by atoms with van der Waals surface area (Å²) in [4.78, 5) is 0. The number of rotatable bonds is 2. The minimum atomic E-state index is 0.443. The highest BCUT2D eigenvalue weighted by Crippen LogP contribution is 2.33. The molecule has 3 rings (SSSR count). The van der Waals surface area contributed by atoms with Crippen molar-refractivity contribution in [1.29, 1.82) is 0 Å². The Bertz CT molecular complexity index is 488. The van der Waals surface area contributed by atoms with Crippen molar-refractivity contribution < 1.29 is 0 Å². The Labute approximate surface area is 102 Å². The number of nitrogens with one attached hydrogen (secondary N) is 1. The molecule has 2 aromatic rings. The summed E-state index contributed by atoms with van der Waals surface area (Å²) in [6.45, 7) is 2.19. The Morgan fingerprint density at radius 1 is 1.06 bits per heavy atom. The van der Waals surface area contributed by atoms with Crippen LogP contribution in [0, 0.1) is 0 Å². The zero-order valence-corrected chi connectivity index (χ0v) is 10.1. The first-order chi connectivity index (χ1) is 8.36. The standard InChI is InChI=1S/C16H17N/c1-2-12-7-9-13(10-8-12)16-11-14-5-3-4-6-15(14)17-16/h3-10,16-17H,2,11H2,1H3/t16-/m0/s1. The van der Waals surface area contributed by atoms with Crippen LogP contribution in [0.4, 0.5) is 5.69 Å². The summed E-state index contributed by atoms with van der Waals surface area (Å²) < 4.78 is 0. The van der Waals surface area contributed by atoms with E-state index in [2.05, 4.69) is 60.8 Å². The molecule has 0 saturated carbocycles. The molecule has 0 saturated heterocycles. The Morgan fingerprint density at radius 2 is 1.82 bits per heavy atom. The van der Waals surface area contributed by atoms with Crippen molar-refractivity contribution in [2.75, 3.05) is 5.32 Å². The van der Waals surface area contributed by atoms with Crippen LogP contribution in [0.1, 0.15) is 29.7 Å². The minimum Gasteiger partial charge on any atom is -0.378 e. The molecule has 0 aromatic heterocycles. The van der Waals surface area contributed by atoms with E-state index in [9.17, 15) is 0 Å². The van der Waals surface area contributed by atoms with E-state index >= 15 is 0 Å². The maximum atomic E-state index is 3.59. The van der Waals surface area contributed by atoms with Crippen molar-refractivity contribution in [2.45, 2.75) is 25.8 Å². The van der Waals surface area contributed by atoms with Gasteiger partial charge in [-0.25, -0.2) is 0 Å². The van der Waals surface area contributed by atoms with E-state index < -0.39 is 0 Å². The van der Waals surface area contributed by atoms with Crippen LogP contribution in [0.3, 0.4) is 0 Å². The fourth-order valence-corrected chi connectivity index (χ4v) is 2.48. The molecule has 86 valence electrons. The molecule has 1 atom stereocenters. The zero-order chi connectivity index (χ0) is 11.7. The number of anilines is 1. The molecular formula is C16H17N. The Hall–Kier alpha value is -1.76. The van der Waals surface area contributed by atoms with Gasteiger partial charge in [0, 0.05) is 5.69 Å². The van der Waals surface area contributed by atoms with Gasteiger partial charge in [-0.3, -0.25) is 0 Å². The summed E-state index contributed by atoms with van der Waals surface area (Å²) in [5.41, 5.74) is 5.51. The molecule has 0 radical (unpaired) electrons. The lowest BCUT2D eigenvalue weighted by Gasteiger charge is -2.12. The van der Waals surface area contributed by atoms with E-state index in [4.69, 9.17) is 0 Å². The fourth-order valence-electron chi connectivity index (χ4n) is 2.48. The lowest BCUT2D eigenvalue weighted by Crippen LogP contribution is -2.05. The summed E-state index contributed by atoms with van der Waals surface area (Å²) >= 11 is 0. The lowest BCUT2D eigenvalue weighted by molar-refractivity contribution is 0.823. The van der Waals surface area contributed by atoms with Gasteiger partial charge in [0.25, 0.3) is 0 Å². The topological polar surface area (TPSA) is 12.0 Å². The highest BCUT2D eigenvalue weighted by Gasteiger charge is 2.20. The molecule has 1 aliphatic heterocycles. The third-order valence-electron chi connectivity index (χ3n) is 3.56. The van der Waals surface area contributed by atoms with Gasteiger partial charge in [0.2, 0.25) is 0 Å². The van der Waals surface area contributed by atoms with E-state index in [1.54, 1.807) is 0 Å². The maximum absolute atomic E-state index is 3.59. The van der Waals surface area contributed by atoms with Crippen molar-refractivity contribution in [2.24, 2.45) is 0 Å². The monoisotopic (exact) mass is 223 g/mol. The second-order valence-corrected chi connectivity index (χ2v) is 4.65. The van der Waals surface area contributed by atoms with Gasteiger partial charge in [0.1, 0.15) is 0 Å². The normalized spacial score (nSPS) is 17.6. The van der Waals surface area contributed by atoms with Crippen LogP contribution in [0.5, 0.6) is 0 Å². The van der Waals surface area contributed by atoms with Crippen molar-refractivity contribution in [3.8, 4) is 0 Å². The molecule has 0 fully saturated rings. The van der Waals surface area contributed by atoms with Crippen molar-refractivity contribution >= 4 is 5.69 Å². The van der Waals surface area contributed by atoms with Gasteiger partial charge < -0.3 is 5.32 Å². The SMILES string of the molecule is CCc1ccc([C@@H]2Cc3ccccc3N2)cc1. The first-order valence-corrected chi connectivity index (χ1v) is 6.30. The van der Waals surface area contributed by atoms with Crippen molar-refractivity contribution in [3.05, 3.63) is 65.2 Å². The number of hydrogen-bond acceptors (Lipinski definition) is 1. The third-order valence-corrected chi connectivity index (χ3v) is 3.56. The molecule has 1 N–H and O–H groups in total. The maximum Gasteiger partial charge on any atom is 0.0555 e. The first kappa shape index (κ1) is 10.4. The summed E-state index contributed by atoms with van der Waals surface area (Å²) in [7, 11) is 0. The quantitative estimate of drug-likeness (QED) is 0.812. The summed E-state index contributed by atoms with van der Waals surface area (Å²) in [5.74, 6) is 0. The summed E-state index contributed by atoms with van der Waals surface area (Å²) in [6.07, 6.45) is 2.21. The van der Waals surface area contributed by atoms with Gasteiger partial charge in [0.05, 0.1) is 6.04 Å². The van der Waals surface area contributed by atoms with E-state index in [0.717, 1.165) is 12.8 Å². The van der Waals surface area contributed by atoms with E-state index in [-0.39, 0.29) is 0 Å². The van der Waals surface area contributed by atoms with Crippen LogP contribution in [-0.2, 0) is 12.8 Å². The van der Waals surface area contributed by atoms with Crippen LogP contribution in [-0.4, -0.2) is 0 Å². The molecule has 17 heavy (non-hydrogen) atoms. The Kier molecular flexibility index (Phi) is 2.60. The van der Waals surface area contributed by atoms with Crippen LogP contribution in [0.25, 0.3) is 0 Å². The van der Waals surface area contributed by atoms with Crippen molar-refractivity contribution in [1.82, 2.24) is 0 Å². The predicted octanol–water partition coefficient (Wildman–Crippen LogP) is 3.96. The van der Waals surface area contributed by atoms with E-state index in [1.807, 2.05) is 0 Å². The Morgan fingerprint density at radius 3 is 2.53 bits per heavy atom. The molecule has 1 aliphatic rings. The largest absolute Gasteiger partial charge is 0.378 e. The van der Waals surface area contributed by atoms with Crippen molar-refractivity contribution in [3.63, 3.8) is 0 Å². The van der Waals surface area contributed by atoms with Gasteiger partial charge in [-0.05, 0) is 35.6 Å². The molecule has 1 nitrogen and oxygen atoms in total. The summed E-state index contributed by atoms with van der Waals surface area (Å²) in [6, 6.07) is 18.0. The smallest absolute Gasteiger partial charge is 0.0555 e. The molecular weight excluding hydrogens is 206 g/mol. The molecule has 0 bridgehead atoms. The fraction of sp³-hybridized carbons (Fsp3) is 0.250. The number of aryl methyl sites for hydroxylation is 1. The average Bonchev–Trinajstić information content (AvgIpc) is 2.82. The highest BCUT2D eigenvalue weighted by atomic mass is 14.9. The van der Waals surface area contributed by atoms with Crippen LogP contribution in [0.2, 0.25) is 0 Å². The van der Waals surface area contributed by atoms with E-state index in [0.29, 0.717) is 6.04 Å². The zero-order valence-electron chi connectivity index (χ0n) is 10.1. The molecule has 0 spiro atoms. The molecule has 0 aliphatic carbocycles. The minimum absolute atomic E-state index is 0.443. The van der Waals surface area contributed by atoms with Gasteiger partial charge in [0.15, 0.2) is 0 Å².